The van der Waals surface area contributed by atoms with Gasteiger partial charge in [0, 0.05) is 310 Å². The smallest absolute Gasteiger partial charge is 0.142 e. The van der Waals surface area contributed by atoms with Crippen LogP contribution in [0.1, 0.15) is 469 Å². The molecule has 0 aromatic heterocycles. The van der Waals surface area contributed by atoms with Gasteiger partial charge in [-0.25, -0.2) is 26.3 Å². The fourth-order valence-electron chi connectivity index (χ4n) is 9.55. The molecule has 7 rings (SSSR count). The van der Waals surface area contributed by atoms with Crippen LogP contribution in [-0.2, 0) is 19.3 Å². The average Bonchev–Trinajstić information content (AvgIpc) is 0.861. The third-order valence-corrected chi connectivity index (χ3v) is 17.4. The Kier molecular flexibility index (Phi) is 17.6. The SMILES string of the molecule is CC(C)C#Cc1ccc(F)cc1OC(C)CO.CC(C)CCc1ccc(F)cc1OC(C)CO.CCC#Cc1c(F)cccc1OCCO.CCC(C)C#Cc1ccc(F)cc1OC(C)CO.CCC(C)C#Cc1ccccc1OCCO.CCC(C)CCc1cc(F)ccc1OCCO.CCC(C)CCc1ccc(F)cc1OC(C)CO.[3H][3H].[3H][3H].[3H][3H].[3H][3H].[3H][3H].[3H][3H].[3H][3H].[3H][3H].[3H][3H].[3H][3H].[3H][3H].[3H][3H].[3H][3H].[3H][3H].[3H][3H].[3H][3H].[3H][3H].[3H][3H].[3H][3H].[3H][3H].[3H][3H].[3H][3H].[3H][3H].[3H][3H].[3H][3H].[3H][3H].[3H][3H].[3H][3H].[3H][3H].[3H][3H].[3H][3H].[3H][3H].[3H][3H].[3H][3H].[3H][3H].[3H][3H].[3H][3H].[3H][3H].[3H][3H].[3H][3H].[3H][3H].[3H][3H].[3H][3H].[3H][3H].[3H][3H].[3H][3H].[3H][3H].[3H][3H].[3H][3H].[3H][3H].[3H][3H].[3H][3H].[3H][3H].[3H][3H].[3H][3H].[3H][3H].[3H][3H].[3H][3H].[3H][3H].[3H][3H].[3H][3H].[3H][3H].[3H][3H].[3H][3H].[3H][3H].[3H][3H].[3H][3H].[3H][3H].[3H][3H].[3H][3H].[3H][3H].[3H][3H].[3H][3H].[3H][3H].[3H][3H].[3H][3H].[3H][3H].[3H][3H].[3H][3H].[3H][3H].[3H][3H].[3H][3H].[3H][3H].[3H][3H].[3H][3H].[3H][3H].[3H][3H].[3H][3H]. The fraction of sp³-hybridized carbons (Fsp3) is 0.490. The van der Waals surface area contributed by atoms with Crippen molar-refractivity contribution in [3.63, 3.8) is 0 Å². The zero-order valence-electron chi connectivity index (χ0n) is 249. The summed E-state index contributed by atoms with van der Waals surface area (Å²) in [4.78, 5) is 0. The van der Waals surface area contributed by atoms with E-state index in [0.717, 1.165) is 92.2 Å². The van der Waals surface area contributed by atoms with Gasteiger partial charge in [-0.05, 0) is 192 Å². The normalized spacial score (nSPS) is 18.3. The molecule has 0 radical (unpaired) electrons. The van der Waals surface area contributed by atoms with E-state index >= 15 is 0 Å². The van der Waals surface area contributed by atoms with E-state index in [1.807, 2.05) is 52.0 Å². The summed E-state index contributed by atoms with van der Waals surface area (Å²) in [6.45, 7) is 34.4. The maximum Gasteiger partial charge on any atom is 0.142 e. The first kappa shape index (κ1) is 32.6. The number of aliphatic hydroxyl groups is 7. The second-order valence-corrected chi connectivity index (χ2v) is 29.1. The number of para-hydroxylation sites is 1. The van der Waals surface area contributed by atoms with Crippen LogP contribution < -0.4 is 33.2 Å². The first-order chi connectivity index (χ1) is 144. The van der Waals surface area contributed by atoms with Crippen LogP contribution in [0.2, 0.25) is 0 Å². The van der Waals surface area contributed by atoms with Crippen LogP contribution in [0.25, 0.3) is 0 Å². The molecular formula is C98H308F6O14. The fourth-order valence-corrected chi connectivity index (χ4v) is 9.55. The number of hydrogen-bond acceptors (Lipinski definition) is 14. The van der Waals surface area contributed by atoms with Crippen molar-refractivity contribution in [3.8, 4) is 87.6 Å². The van der Waals surface area contributed by atoms with Crippen molar-refractivity contribution in [3.05, 3.63) is 207 Å². The van der Waals surface area contributed by atoms with Gasteiger partial charge in [-0.15, -0.1) is 0 Å². The number of rotatable bonds is 34. The Morgan fingerprint density at radius 1 is 0.347 bits per heavy atom. The highest BCUT2D eigenvalue weighted by atomic mass is 19.1. The highest BCUT2D eigenvalue weighted by Crippen LogP contribution is 2.29. The van der Waals surface area contributed by atoms with Crippen LogP contribution in [0.15, 0.2) is 133 Å². The highest BCUT2D eigenvalue weighted by molar-refractivity contribution is 5.50. The largest absolute Gasteiger partial charge is 0.491 e. The maximum atomic E-state index is 13.4. The topological polar surface area (TPSA) is 206 Å². The van der Waals surface area contributed by atoms with Gasteiger partial charge in [-0.1, -0.05) is 181 Å². The monoisotopic (exact) mass is 2180 g/mol. The van der Waals surface area contributed by atoms with Crippen molar-refractivity contribution in [2.24, 2.45) is 35.5 Å². The molecule has 14 nitrogen and oxygen atoms in total. The molecule has 0 amide bonds. The van der Waals surface area contributed by atoms with E-state index < -0.39 is 5.82 Å². The van der Waals surface area contributed by atoms with Crippen molar-refractivity contribution in [2.45, 2.75) is 213 Å². The van der Waals surface area contributed by atoms with Crippen LogP contribution in [0.5, 0.6) is 40.2 Å². The second kappa shape index (κ2) is 63.7. The molecule has 7 N–H and O–H groups in total. The second-order valence-electron chi connectivity index (χ2n) is 29.1. The van der Waals surface area contributed by atoms with E-state index in [9.17, 15) is 26.3 Å². The number of hydrogen-bond donors (Lipinski definition) is 7. The van der Waals surface area contributed by atoms with Gasteiger partial charge in [0.1, 0.15) is 125 Å². The lowest BCUT2D eigenvalue weighted by atomic mass is 9.98. The molecule has 0 heterocycles. The van der Waals surface area contributed by atoms with Gasteiger partial charge < -0.3 is 68.9 Å². The summed E-state index contributed by atoms with van der Waals surface area (Å²) in [5, 5.41) is 61.9. The van der Waals surface area contributed by atoms with Crippen LogP contribution in [0.3, 0.4) is 0 Å². The Balaban J connectivity index is -0.0000000174. The molecule has 7 aromatic rings. The van der Waals surface area contributed by atoms with E-state index in [1.54, 1.807) is 70.2 Å². The predicted molar refractivity (Wildman–Crippen MR) is 648 cm³/mol. The molecule has 0 saturated carbocycles. The molecule has 8 atom stereocenters. The minimum atomic E-state index is -0.397. The van der Waals surface area contributed by atoms with E-state index in [0.29, 0.717) is 82.3 Å². The van der Waals surface area contributed by atoms with Gasteiger partial charge in [-0.3, -0.25) is 0 Å². The third-order valence-electron chi connectivity index (χ3n) is 17.4. The van der Waals surface area contributed by atoms with E-state index in [1.165, 1.54) is 66.7 Å². The van der Waals surface area contributed by atoms with Gasteiger partial charge in [-0.2, -0.15) is 0 Å². The van der Waals surface area contributed by atoms with Crippen LogP contribution >= 0.6 is 0 Å². The zero-order valence-corrected chi connectivity index (χ0v) is 72.6. The summed E-state index contributed by atoms with van der Waals surface area (Å²) < 4.78 is 997. The quantitative estimate of drug-likeness (QED) is 0.0148. The molecule has 0 aliphatic heterocycles. The first-order valence-corrected chi connectivity index (χ1v) is 41.1. The predicted octanol–water partition coefficient (Wildman–Crippen LogP) is 41.6. The van der Waals surface area contributed by atoms with Crippen molar-refractivity contribution in [1.29, 1.82) is 0 Å². The lowest BCUT2D eigenvalue weighted by Crippen LogP contribution is -2.17. The number of halogens is 6. The summed E-state index contributed by atoms with van der Waals surface area (Å²) in [5.74, 6) is 28.3. The van der Waals surface area contributed by atoms with Crippen LogP contribution in [0.4, 0.5) is 26.3 Å². The number of aryl methyl sites for hydroxylation is 3. The maximum absolute atomic E-state index is 13.4. The minimum Gasteiger partial charge on any atom is -0.491 e. The summed E-state index contributed by atoms with van der Waals surface area (Å²) >= 11 is 0. The van der Waals surface area contributed by atoms with Crippen molar-refractivity contribution >= 4 is 0 Å². The molecule has 0 spiro atoms. The zero-order chi connectivity index (χ0) is 264. The van der Waals surface area contributed by atoms with Gasteiger partial charge in [0.2, 0.25) is 0 Å². The molecule has 0 bridgehead atoms. The van der Waals surface area contributed by atoms with Crippen molar-refractivity contribution in [1.82, 2.24) is 0 Å². The molecule has 0 aliphatic carbocycles. The van der Waals surface area contributed by atoms with Crippen molar-refractivity contribution < 1.29 is 357 Å². The lowest BCUT2D eigenvalue weighted by molar-refractivity contribution is 0.128. The molecule has 0 fully saturated rings. The van der Waals surface area contributed by atoms with Crippen LogP contribution in [0, 0.1) is 118 Å². The Bertz CT molecular complexity index is 4450. The highest BCUT2D eigenvalue weighted by Gasteiger charge is 2.16. The molecule has 0 saturated heterocycles. The van der Waals surface area contributed by atoms with Crippen LogP contribution in [-0.4, -0.2) is 126 Å². The Morgan fingerprint density at radius 3 is 1.13 bits per heavy atom. The Hall–Kier alpha value is -9.32. The van der Waals surface area contributed by atoms with E-state index in [-0.39, 0.29) is 130 Å². The summed E-state index contributed by atoms with van der Waals surface area (Å²) in [7, 11) is 0. The van der Waals surface area contributed by atoms with E-state index in [2.05, 4.69) is 110 Å². The Labute approximate surface area is 972 Å². The average molecular weight is 2180 g/mol. The summed E-state index contributed by atoms with van der Waals surface area (Å²) in [6, 6.07) is 34.4. The van der Waals surface area contributed by atoms with Crippen molar-refractivity contribution in [2.75, 3.05) is 66.1 Å². The third kappa shape index (κ3) is 47.3. The lowest BCUT2D eigenvalue weighted by Gasteiger charge is -2.16. The molecule has 8 unspecified atom stereocenters. The first-order valence-electron chi connectivity index (χ1n) is 129. The van der Waals surface area contributed by atoms with Gasteiger partial charge >= 0.3 is 0 Å². The number of benzene rings is 7. The molecular weight excluding hydrogens is 1520 g/mol. The van der Waals surface area contributed by atoms with E-state index in [4.69, 9.17) is 330 Å². The molecule has 7 aromatic carbocycles. The standard InChI is InChI=1S/C15H23FO2.C15H19FO2.C14H21FO2.C14H17FO2.C14H21FO2.C14H18O2.C12H13FO2.88H2/c2*1-4-11(2)5-6-13-7-8-14(16)9-15(13)18-12(3)10-17;2*1-10(2)4-5-12-6-7-13(15)8-14(12)17-11(3)9-16;1-3-11(2)4-5-12-10-13(15)6-7-14(12)17-9-8-16;1-3-12(2)8-9-13-6-4-5-7-14(13)16-11-10-15;1-2-3-5-10-11(13)6-4-7-12(10)15-9-8-14;;;;;;;;;;;;;;;;;;;;;;;;;;;;;;;;;;;;;;;;;;;;;;;;;;;;;;;;;;;;;;;;;;;;;;;;;;;;;;;;;;;;;;;;/h7-9,11-12,17H,4-6,10H2,1-3H3;7-9,11-12,17H,4,10H2,1-3H3;6-8,10-11,16H,4-5,9H2,1-3H3;6-8,10-11,16H,9H2,1-3H3;6-7,10-11,16H,3-5,8-9H2,1-2H3;4-7,12,15H,3,10-11H2,1-2H3;4,6-7,14H,2,8-9H2,1H3;88*1H/i;;;;;;;88*1+2T. The summed E-state index contributed by atoms with van der Waals surface area (Å²) in [5.41, 5.74) is 5.33. The van der Waals surface area contributed by atoms with Gasteiger partial charge in [0.05, 0.1) is 62.9 Å². The molecule has 20 heteroatoms. The minimum absolute atomic E-state index is 0.0210. The molecule has 826 valence electrons. The van der Waals surface area contributed by atoms with Gasteiger partial charge in [0.25, 0.3) is 0 Å². The molecule has 118 heavy (non-hydrogen) atoms. The Morgan fingerprint density at radius 2 is 0.712 bits per heavy atom. The number of aliphatic hydroxyl groups excluding tert-OH is 7. The van der Waals surface area contributed by atoms with Gasteiger partial charge in [0.15, 0.2) is 0 Å². The summed E-state index contributed by atoms with van der Waals surface area (Å²) in [6.07, 6.45) is 9.25. The molecule has 0 aliphatic rings. The number of ether oxygens (including phenoxy) is 7.